The van der Waals surface area contributed by atoms with E-state index in [0.29, 0.717) is 13.2 Å². The van der Waals surface area contributed by atoms with E-state index in [1.807, 2.05) is 43.3 Å². The van der Waals surface area contributed by atoms with Crippen molar-refractivity contribution >= 4 is 27.7 Å². The zero-order valence-electron chi connectivity index (χ0n) is 19.2. The summed E-state index contributed by atoms with van der Waals surface area (Å²) in [6.07, 6.45) is 2.28. The van der Waals surface area contributed by atoms with Crippen LogP contribution in [0.15, 0.2) is 58.3 Å². The second-order valence-electron chi connectivity index (χ2n) is 8.07. The molecule has 0 radical (unpaired) electrons. The molecule has 170 valence electrons. The van der Waals surface area contributed by atoms with Gasteiger partial charge in [0.15, 0.2) is 0 Å². The van der Waals surface area contributed by atoms with Crippen LogP contribution in [-0.2, 0) is 20.6 Å². The summed E-state index contributed by atoms with van der Waals surface area (Å²) in [5, 5.41) is 2.30. The monoisotopic (exact) mass is 446 g/mol. The molecule has 4 aromatic rings. The van der Waals surface area contributed by atoms with Gasteiger partial charge in [-0.15, -0.1) is 0 Å². The third-order valence-corrected chi connectivity index (χ3v) is 5.74. The zero-order valence-corrected chi connectivity index (χ0v) is 19.2. The lowest BCUT2D eigenvalue weighted by molar-refractivity contribution is 0.0784. The maximum absolute atomic E-state index is 13.3. The van der Waals surface area contributed by atoms with Gasteiger partial charge in [0.05, 0.1) is 17.6 Å². The summed E-state index contributed by atoms with van der Waals surface area (Å²) in [6.45, 7) is 2.95. The first kappa shape index (κ1) is 22.3. The number of amides is 1. The average molecular weight is 447 g/mol. The number of rotatable bonds is 6. The molecular formula is C25H26N4O4. The molecule has 0 unspecified atom stereocenters. The van der Waals surface area contributed by atoms with Gasteiger partial charge in [0.2, 0.25) is 0 Å². The summed E-state index contributed by atoms with van der Waals surface area (Å²) in [5.41, 5.74) is 0.488. The number of hydrogen-bond acceptors (Lipinski definition) is 5. The molecule has 0 saturated heterocycles. The molecule has 0 aliphatic rings. The number of ether oxygens (including phenoxy) is 1. The Kier molecular flexibility index (Phi) is 6.00. The van der Waals surface area contributed by atoms with E-state index in [4.69, 9.17) is 4.74 Å². The van der Waals surface area contributed by atoms with Crippen molar-refractivity contribution in [2.45, 2.75) is 19.9 Å². The first-order valence-corrected chi connectivity index (χ1v) is 10.8. The number of carbonyl (C=O) groups excluding carboxylic acids is 1. The molecule has 8 heteroatoms. The van der Waals surface area contributed by atoms with Gasteiger partial charge in [-0.3, -0.25) is 18.7 Å². The third kappa shape index (κ3) is 4.00. The maximum atomic E-state index is 13.3. The predicted molar refractivity (Wildman–Crippen MR) is 128 cm³/mol. The number of carbonyl (C=O) groups is 1. The fraction of sp³-hybridized carbons (Fsp3) is 0.280. The lowest BCUT2D eigenvalue weighted by Crippen LogP contribution is -2.37. The number of benzene rings is 2. The van der Waals surface area contributed by atoms with Crippen molar-refractivity contribution in [1.29, 1.82) is 0 Å². The highest BCUT2D eigenvalue weighted by Crippen LogP contribution is 2.29. The van der Waals surface area contributed by atoms with Crippen LogP contribution in [0.25, 0.3) is 21.8 Å². The van der Waals surface area contributed by atoms with E-state index in [2.05, 4.69) is 4.98 Å². The molecule has 2 heterocycles. The van der Waals surface area contributed by atoms with Crippen LogP contribution in [0, 0.1) is 0 Å². The second kappa shape index (κ2) is 8.90. The van der Waals surface area contributed by atoms with Crippen LogP contribution in [0.2, 0.25) is 0 Å². The highest BCUT2D eigenvalue weighted by atomic mass is 16.5. The van der Waals surface area contributed by atoms with Crippen LogP contribution >= 0.6 is 0 Å². The Bertz CT molecular complexity index is 1490. The van der Waals surface area contributed by atoms with E-state index in [0.717, 1.165) is 33.1 Å². The molecule has 0 N–H and O–H groups in total. The van der Waals surface area contributed by atoms with Crippen molar-refractivity contribution < 1.29 is 9.53 Å². The lowest BCUT2D eigenvalue weighted by atomic mass is 10.0. The van der Waals surface area contributed by atoms with Gasteiger partial charge in [-0.2, -0.15) is 0 Å². The smallest absolute Gasteiger partial charge is 0.332 e. The number of aryl methyl sites for hydroxylation is 1. The Morgan fingerprint density at radius 2 is 1.82 bits per heavy atom. The topological polar surface area (TPSA) is 86.4 Å². The Labute approximate surface area is 190 Å². The maximum Gasteiger partial charge on any atom is 0.332 e. The van der Waals surface area contributed by atoms with Gasteiger partial charge in [-0.25, -0.2) is 9.78 Å². The Balaban J connectivity index is 1.72. The number of aromatic nitrogens is 3. The van der Waals surface area contributed by atoms with Crippen LogP contribution in [0.1, 0.15) is 29.3 Å². The molecule has 0 atom stereocenters. The second-order valence-corrected chi connectivity index (χ2v) is 8.07. The molecule has 0 saturated carbocycles. The summed E-state index contributed by atoms with van der Waals surface area (Å²) in [6, 6.07) is 13.4. The van der Waals surface area contributed by atoms with Gasteiger partial charge in [-0.1, -0.05) is 37.3 Å². The molecule has 0 fully saturated rings. The van der Waals surface area contributed by atoms with Gasteiger partial charge in [0.25, 0.3) is 11.5 Å². The zero-order chi connectivity index (χ0) is 23.7. The Hall–Kier alpha value is -3.94. The molecule has 33 heavy (non-hydrogen) atoms. The van der Waals surface area contributed by atoms with Crippen LogP contribution < -0.4 is 16.0 Å². The van der Waals surface area contributed by atoms with E-state index in [1.54, 1.807) is 19.0 Å². The molecule has 0 aliphatic heterocycles. The van der Waals surface area contributed by atoms with E-state index in [-0.39, 0.29) is 22.5 Å². The molecule has 0 bridgehead atoms. The SMILES string of the molecule is CCCOc1ccc2ccccc2c1CN(C)C(=O)c1cnc2c(c1)c(=O)n(C)c(=O)n2C. The number of pyridine rings is 1. The molecular weight excluding hydrogens is 420 g/mol. The first-order chi connectivity index (χ1) is 15.8. The quantitative estimate of drug-likeness (QED) is 0.455. The van der Waals surface area contributed by atoms with Crippen LogP contribution in [0.3, 0.4) is 0 Å². The van der Waals surface area contributed by atoms with E-state index in [1.165, 1.54) is 23.9 Å². The Morgan fingerprint density at radius 3 is 2.58 bits per heavy atom. The van der Waals surface area contributed by atoms with Crippen molar-refractivity contribution in [2.75, 3.05) is 13.7 Å². The Morgan fingerprint density at radius 1 is 1.06 bits per heavy atom. The number of fused-ring (bicyclic) bond motifs is 2. The lowest BCUT2D eigenvalue weighted by Gasteiger charge is -2.21. The molecule has 1 amide bonds. The minimum atomic E-state index is -0.484. The van der Waals surface area contributed by atoms with Crippen molar-refractivity contribution in [3.63, 3.8) is 0 Å². The average Bonchev–Trinajstić information content (AvgIpc) is 2.84. The van der Waals surface area contributed by atoms with Gasteiger partial charge >= 0.3 is 5.69 Å². The van der Waals surface area contributed by atoms with Crippen LogP contribution in [0.4, 0.5) is 0 Å². The van der Waals surface area contributed by atoms with Gasteiger partial charge in [0, 0.05) is 39.4 Å². The summed E-state index contributed by atoms with van der Waals surface area (Å²) in [4.78, 5) is 43.8. The number of hydrogen-bond donors (Lipinski definition) is 0. The van der Waals surface area contributed by atoms with Crippen molar-refractivity contribution in [1.82, 2.24) is 19.0 Å². The molecule has 0 spiro atoms. The van der Waals surface area contributed by atoms with Crippen molar-refractivity contribution in [3.05, 3.63) is 80.6 Å². The van der Waals surface area contributed by atoms with E-state index < -0.39 is 11.2 Å². The van der Waals surface area contributed by atoms with Crippen LogP contribution in [0.5, 0.6) is 5.75 Å². The number of nitrogens with zero attached hydrogens (tertiary/aromatic N) is 4. The van der Waals surface area contributed by atoms with Gasteiger partial charge < -0.3 is 9.64 Å². The summed E-state index contributed by atoms with van der Waals surface area (Å²) in [7, 11) is 4.66. The highest BCUT2D eigenvalue weighted by Gasteiger charge is 2.19. The third-order valence-electron chi connectivity index (χ3n) is 5.74. The van der Waals surface area contributed by atoms with E-state index >= 15 is 0 Å². The standard InChI is InChI=1S/C25H26N4O4/c1-5-12-33-21-11-10-16-8-6-7-9-18(16)20(21)15-27(2)23(30)17-13-19-22(26-14-17)28(3)25(32)29(4)24(19)31/h6-11,13-14H,5,12,15H2,1-4H3. The van der Waals surface area contributed by atoms with Crippen LogP contribution in [-0.4, -0.2) is 38.6 Å². The summed E-state index contributed by atoms with van der Waals surface area (Å²) >= 11 is 0. The summed E-state index contributed by atoms with van der Waals surface area (Å²) < 4.78 is 8.27. The first-order valence-electron chi connectivity index (χ1n) is 10.8. The normalized spacial score (nSPS) is 11.2. The minimum Gasteiger partial charge on any atom is -0.493 e. The van der Waals surface area contributed by atoms with Crippen molar-refractivity contribution in [3.8, 4) is 5.75 Å². The van der Waals surface area contributed by atoms with Crippen molar-refractivity contribution in [2.24, 2.45) is 14.1 Å². The summed E-state index contributed by atoms with van der Waals surface area (Å²) in [5.74, 6) is 0.463. The molecule has 2 aromatic carbocycles. The molecule has 8 nitrogen and oxygen atoms in total. The molecule has 4 rings (SSSR count). The van der Waals surface area contributed by atoms with Gasteiger partial charge in [-0.05, 0) is 29.3 Å². The largest absolute Gasteiger partial charge is 0.493 e. The molecule has 0 aliphatic carbocycles. The predicted octanol–water partition coefficient (Wildman–Crippen LogP) is 2.85. The fourth-order valence-electron chi connectivity index (χ4n) is 3.94. The molecule has 2 aromatic heterocycles. The highest BCUT2D eigenvalue weighted by molar-refractivity contribution is 5.97. The minimum absolute atomic E-state index is 0.218. The van der Waals surface area contributed by atoms with E-state index in [9.17, 15) is 14.4 Å². The van der Waals surface area contributed by atoms with Gasteiger partial charge in [0.1, 0.15) is 11.4 Å². The fourth-order valence-corrected chi connectivity index (χ4v) is 3.94.